The van der Waals surface area contributed by atoms with Crippen molar-refractivity contribution in [2.45, 2.75) is 13.0 Å². The summed E-state index contributed by atoms with van der Waals surface area (Å²) in [7, 11) is 0. The van der Waals surface area contributed by atoms with Crippen molar-refractivity contribution in [2.75, 3.05) is 26.3 Å². The summed E-state index contributed by atoms with van der Waals surface area (Å²) >= 11 is 0. The first-order valence-electron chi connectivity index (χ1n) is 5.94. The van der Waals surface area contributed by atoms with E-state index in [9.17, 15) is 5.11 Å². The van der Waals surface area contributed by atoms with Crippen LogP contribution in [0.1, 0.15) is 6.92 Å². The number of hydrogen-bond acceptors (Lipinski definition) is 4. The van der Waals surface area contributed by atoms with Gasteiger partial charge in [0.05, 0.1) is 13.2 Å². The Kier molecular flexibility index (Phi) is 6.70. The highest BCUT2D eigenvalue weighted by Crippen LogP contribution is 2.17. The van der Waals surface area contributed by atoms with E-state index in [4.69, 9.17) is 15.9 Å². The Labute approximate surface area is 108 Å². The molecular formula is C14H19NO3. The lowest BCUT2D eigenvalue weighted by atomic mass is 10.3. The van der Waals surface area contributed by atoms with E-state index in [-0.39, 0.29) is 6.61 Å². The maximum atomic E-state index is 9.60. The quantitative estimate of drug-likeness (QED) is 0.534. The summed E-state index contributed by atoms with van der Waals surface area (Å²) in [6.07, 6.45) is 4.50. The fourth-order valence-corrected chi connectivity index (χ4v) is 1.36. The third-order valence-electron chi connectivity index (χ3n) is 2.18. The second-order valence-electron chi connectivity index (χ2n) is 3.70. The first-order chi connectivity index (χ1) is 8.76. The molecule has 98 valence electrons. The Balaban J connectivity index is 2.28. The van der Waals surface area contributed by atoms with Crippen molar-refractivity contribution in [3.63, 3.8) is 0 Å². The third-order valence-corrected chi connectivity index (χ3v) is 2.18. The van der Waals surface area contributed by atoms with E-state index in [1.165, 1.54) is 0 Å². The lowest BCUT2D eigenvalue weighted by Crippen LogP contribution is -2.31. The molecule has 0 spiro atoms. The molecule has 0 fully saturated rings. The molecule has 0 heterocycles. The molecule has 0 aliphatic carbocycles. The first kappa shape index (κ1) is 14.4. The number of terminal acetylenes is 1. The average molecular weight is 249 g/mol. The number of hydrogen-bond donors (Lipinski definition) is 2. The van der Waals surface area contributed by atoms with Gasteiger partial charge in [0.2, 0.25) is 0 Å². The number of aliphatic hydroxyl groups excluding tert-OH is 1. The highest BCUT2D eigenvalue weighted by molar-refractivity contribution is 5.31. The van der Waals surface area contributed by atoms with Crippen LogP contribution in [0.3, 0.4) is 0 Å². The van der Waals surface area contributed by atoms with E-state index in [0.717, 1.165) is 5.75 Å². The maximum absolute atomic E-state index is 9.60. The molecule has 1 rings (SSSR count). The van der Waals surface area contributed by atoms with Crippen molar-refractivity contribution in [3.05, 3.63) is 24.3 Å². The van der Waals surface area contributed by atoms with Crippen molar-refractivity contribution in [1.82, 2.24) is 5.32 Å². The van der Waals surface area contributed by atoms with E-state index < -0.39 is 6.10 Å². The van der Waals surface area contributed by atoms with Crippen LogP contribution in [0.15, 0.2) is 24.3 Å². The van der Waals surface area contributed by atoms with Crippen LogP contribution < -0.4 is 14.8 Å². The SMILES string of the molecule is C#CCNC[C@@H](O)COc1ccc(OCC)cc1. The van der Waals surface area contributed by atoms with Gasteiger partial charge in [-0.25, -0.2) is 0 Å². The van der Waals surface area contributed by atoms with E-state index in [1.54, 1.807) is 0 Å². The second kappa shape index (κ2) is 8.40. The van der Waals surface area contributed by atoms with E-state index in [1.807, 2.05) is 31.2 Å². The monoisotopic (exact) mass is 249 g/mol. The molecule has 2 N–H and O–H groups in total. The van der Waals surface area contributed by atoms with Gasteiger partial charge >= 0.3 is 0 Å². The highest BCUT2D eigenvalue weighted by Gasteiger charge is 2.04. The Hall–Kier alpha value is -1.70. The maximum Gasteiger partial charge on any atom is 0.119 e. The summed E-state index contributed by atoms with van der Waals surface area (Å²) in [4.78, 5) is 0. The molecule has 18 heavy (non-hydrogen) atoms. The smallest absolute Gasteiger partial charge is 0.119 e. The van der Waals surface area contributed by atoms with Gasteiger partial charge in [0.1, 0.15) is 24.2 Å². The lowest BCUT2D eigenvalue weighted by molar-refractivity contribution is 0.107. The van der Waals surface area contributed by atoms with Crippen molar-refractivity contribution < 1.29 is 14.6 Å². The summed E-state index contributed by atoms with van der Waals surface area (Å²) in [5, 5.41) is 12.5. The predicted octanol–water partition coefficient (Wildman–Crippen LogP) is 1.05. The summed E-state index contributed by atoms with van der Waals surface area (Å²) in [6, 6.07) is 7.29. The van der Waals surface area contributed by atoms with Gasteiger partial charge in [-0.15, -0.1) is 6.42 Å². The first-order valence-corrected chi connectivity index (χ1v) is 5.94. The number of nitrogens with one attached hydrogen (secondary N) is 1. The molecule has 0 saturated carbocycles. The van der Waals surface area contributed by atoms with Gasteiger partial charge in [0, 0.05) is 6.54 Å². The number of rotatable bonds is 8. The molecule has 4 heteroatoms. The molecule has 0 unspecified atom stereocenters. The molecule has 0 bridgehead atoms. The standard InChI is InChI=1S/C14H19NO3/c1-3-9-15-10-12(16)11-18-14-7-5-13(6-8-14)17-4-2/h1,5-8,12,15-16H,4,9-11H2,2H3/t12-/m1/s1. The van der Waals surface area contributed by atoms with Crippen LogP contribution in [0.4, 0.5) is 0 Å². The van der Waals surface area contributed by atoms with Crippen LogP contribution in [0.2, 0.25) is 0 Å². The Morgan fingerprint density at radius 3 is 2.44 bits per heavy atom. The molecule has 0 aliphatic heterocycles. The van der Waals surface area contributed by atoms with Crippen LogP contribution in [-0.2, 0) is 0 Å². The normalized spacial score (nSPS) is 11.6. The van der Waals surface area contributed by atoms with Crippen molar-refractivity contribution >= 4 is 0 Å². The molecule has 1 atom stereocenters. The van der Waals surface area contributed by atoms with Gasteiger partial charge in [0.15, 0.2) is 0 Å². The molecule has 0 aliphatic rings. The van der Waals surface area contributed by atoms with Crippen LogP contribution in [-0.4, -0.2) is 37.5 Å². The van der Waals surface area contributed by atoms with Crippen LogP contribution in [0.25, 0.3) is 0 Å². The van der Waals surface area contributed by atoms with Crippen LogP contribution in [0.5, 0.6) is 11.5 Å². The summed E-state index contributed by atoms with van der Waals surface area (Å²) in [6.45, 7) is 3.66. The molecule has 0 amide bonds. The molecular weight excluding hydrogens is 230 g/mol. The average Bonchev–Trinajstić information content (AvgIpc) is 2.39. The van der Waals surface area contributed by atoms with Crippen molar-refractivity contribution in [3.8, 4) is 23.8 Å². The summed E-state index contributed by atoms with van der Waals surface area (Å²) in [5.74, 6) is 3.95. The van der Waals surface area contributed by atoms with Crippen LogP contribution >= 0.6 is 0 Å². The second-order valence-corrected chi connectivity index (χ2v) is 3.70. The fraction of sp³-hybridized carbons (Fsp3) is 0.429. The molecule has 1 aromatic carbocycles. The van der Waals surface area contributed by atoms with Gasteiger partial charge < -0.3 is 19.9 Å². The minimum Gasteiger partial charge on any atom is -0.494 e. The van der Waals surface area contributed by atoms with Gasteiger partial charge in [-0.1, -0.05) is 5.92 Å². The lowest BCUT2D eigenvalue weighted by Gasteiger charge is -2.12. The summed E-state index contributed by atoms with van der Waals surface area (Å²) < 4.78 is 10.8. The zero-order valence-electron chi connectivity index (χ0n) is 10.6. The van der Waals surface area contributed by atoms with Gasteiger partial charge in [-0.2, -0.15) is 0 Å². The molecule has 0 saturated heterocycles. The van der Waals surface area contributed by atoms with Crippen LogP contribution in [0, 0.1) is 12.3 Å². The number of benzene rings is 1. The fourth-order valence-electron chi connectivity index (χ4n) is 1.36. The number of aliphatic hydroxyl groups is 1. The molecule has 0 aromatic heterocycles. The largest absolute Gasteiger partial charge is 0.494 e. The Morgan fingerprint density at radius 2 is 1.89 bits per heavy atom. The van der Waals surface area contributed by atoms with E-state index in [2.05, 4.69) is 11.2 Å². The minimum absolute atomic E-state index is 0.228. The molecule has 1 aromatic rings. The van der Waals surface area contributed by atoms with Crippen molar-refractivity contribution in [1.29, 1.82) is 0 Å². The van der Waals surface area contributed by atoms with Gasteiger partial charge in [-0.3, -0.25) is 0 Å². The van der Waals surface area contributed by atoms with Gasteiger partial charge in [-0.05, 0) is 31.2 Å². The number of ether oxygens (including phenoxy) is 2. The third kappa shape index (κ3) is 5.58. The minimum atomic E-state index is -0.579. The topological polar surface area (TPSA) is 50.7 Å². The Morgan fingerprint density at radius 1 is 1.28 bits per heavy atom. The summed E-state index contributed by atoms with van der Waals surface area (Å²) in [5.41, 5.74) is 0. The Bertz CT molecular complexity index is 370. The molecule has 0 radical (unpaired) electrons. The van der Waals surface area contributed by atoms with Crippen molar-refractivity contribution in [2.24, 2.45) is 0 Å². The predicted molar refractivity (Wildman–Crippen MR) is 70.8 cm³/mol. The highest BCUT2D eigenvalue weighted by atomic mass is 16.5. The zero-order chi connectivity index (χ0) is 13.2. The van der Waals surface area contributed by atoms with Gasteiger partial charge in [0.25, 0.3) is 0 Å². The van der Waals surface area contributed by atoms with E-state index >= 15 is 0 Å². The van der Waals surface area contributed by atoms with E-state index in [0.29, 0.717) is 25.4 Å². The zero-order valence-corrected chi connectivity index (χ0v) is 10.6. The molecule has 4 nitrogen and oxygen atoms in total.